The standard InChI is InChI=1S/C15H18N2O/c1-2-3-4-9-17-15(18)14-7-5-6-12-11-16-10-8-13(12)14/h5-7,16H,4,8-11H2,1H3,(H,17,18). The molecule has 0 fully saturated rings. The fraction of sp³-hybridized carbons (Fsp3) is 0.400. The monoisotopic (exact) mass is 242 g/mol. The highest BCUT2D eigenvalue weighted by molar-refractivity contribution is 5.96. The van der Waals surface area contributed by atoms with Crippen LogP contribution in [0.25, 0.3) is 0 Å². The highest BCUT2D eigenvalue weighted by atomic mass is 16.1. The lowest BCUT2D eigenvalue weighted by Crippen LogP contribution is -2.29. The number of amides is 1. The second-order valence-electron chi connectivity index (χ2n) is 4.30. The predicted octanol–water partition coefficient (Wildman–Crippen LogP) is 1.48. The number of benzene rings is 1. The van der Waals surface area contributed by atoms with Crippen molar-refractivity contribution in [3.63, 3.8) is 0 Å². The normalized spacial score (nSPS) is 13.2. The van der Waals surface area contributed by atoms with E-state index >= 15 is 0 Å². The quantitative estimate of drug-likeness (QED) is 0.622. The third-order valence-electron chi connectivity index (χ3n) is 3.10. The smallest absolute Gasteiger partial charge is 0.251 e. The van der Waals surface area contributed by atoms with E-state index in [0.717, 1.165) is 25.1 Å². The van der Waals surface area contributed by atoms with Crippen LogP contribution < -0.4 is 10.6 Å². The topological polar surface area (TPSA) is 41.1 Å². The maximum Gasteiger partial charge on any atom is 0.251 e. The van der Waals surface area contributed by atoms with Crippen LogP contribution in [0.2, 0.25) is 0 Å². The maximum absolute atomic E-state index is 12.1. The molecule has 1 aromatic rings. The van der Waals surface area contributed by atoms with Crippen LogP contribution in [0.5, 0.6) is 0 Å². The Morgan fingerprint density at radius 1 is 1.50 bits per heavy atom. The van der Waals surface area contributed by atoms with Crippen LogP contribution in [0.1, 0.15) is 34.8 Å². The number of carbonyl (C=O) groups excluding carboxylic acids is 1. The summed E-state index contributed by atoms with van der Waals surface area (Å²) in [6, 6.07) is 5.94. The Hall–Kier alpha value is -1.79. The van der Waals surface area contributed by atoms with Crippen molar-refractivity contribution in [3.8, 4) is 11.8 Å². The molecule has 94 valence electrons. The summed E-state index contributed by atoms with van der Waals surface area (Å²) in [5.74, 6) is 5.78. The first-order valence-corrected chi connectivity index (χ1v) is 6.32. The average Bonchev–Trinajstić information content (AvgIpc) is 2.43. The molecule has 0 aromatic heterocycles. The summed E-state index contributed by atoms with van der Waals surface area (Å²) in [5, 5.41) is 6.24. The summed E-state index contributed by atoms with van der Waals surface area (Å²) < 4.78 is 0. The molecule has 0 saturated carbocycles. The zero-order valence-electron chi connectivity index (χ0n) is 10.7. The average molecular weight is 242 g/mol. The lowest BCUT2D eigenvalue weighted by molar-refractivity contribution is 0.0953. The van der Waals surface area contributed by atoms with E-state index < -0.39 is 0 Å². The van der Waals surface area contributed by atoms with E-state index in [2.05, 4.69) is 28.5 Å². The molecular weight excluding hydrogens is 224 g/mol. The van der Waals surface area contributed by atoms with E-state index in [1.54, 1.807) is 0 Å². The van der Waals surface area contributed by atoms with Crippen molar-refractivity contribution in [2.75, 3.05) is 13.1 Å². The summed E-state index contributed by atoms with van der Waals surface area (Å²) >= 11 is 0. The third-order valence-corrected chi connectivity index (χ3v) is 3.10. The van der Waals surface area contributed by atoms with Gasteiger partial charge in [-0.15, -0.1) is 11.8 Å². The Morgan fingerprint density at radius 2 is 2.39 bits per heavy atom. The maximum atomic E-state index is 12.1. The van der Waals surface area contributed by atoms with Crippen molar-refractivity contribution in [2.24, 2.45) is 0 Å². The van der Waals surface area contributed by atoms with Crippen molar-refractivity contribution >= 4 is 5.91 Å². The van der Waals surface area contributed by atoms with E-state index in [1.807, 2.05) is 19.1 Å². The van der Waals surface area contributed by atoms with Gasteiger partial charge in [0.2, 0.25) is 0 Å². The molecule has 2 rings (SSSR count). The molecule has 3 nitrogen and oxygen atoms in total. The minimum atomic E-state index is 0.0200. The summed E-state index contributed by atoms with van der Waals surface area (Å²) in [6.07, 6.45) is 1.63. The molecule has 2 N–H and O–H groups in total. The SMILES string of the molecule is CC#CCCNC(=O)c1cccc2c1CCNC2. The highest BCUT2D eigenvalue weighted by Crippen LogP contribution is 2.18. The number of nitrogens with one attached hydrogen (secondary N) is 2. The van der Waals surface area contributed by atoms with Gasteiger partial charge in [0.15, 0.2) is 0 Å². The number of carbonyl (C=O) groups is 1. The molecule has 0 bridgehead atoms. The summed E-state index contributed by atoms with van der Waals surface area (Å²) in [5.41, 5.74) is 3.25. The zero-order valence-corrected chi connectivity index (χ0v) is 10.7. The largest absolute Gasteiger partial charge is 0.351 e. The van der Waals surface area contributed by atoms with Gasteiger partial charge in [-0.3, -0.25) is 4.79 Å². The van der Waals surface area contributed by atoms with E-state index in [9.17, 15) is 4.79 Å². The molecule has 0 unspecified atom stereocenters. The van der Waals surface area contributed by atoms with Gasteiger partial charge in [0, 0.05) is 25.1 Å². The van der Waals surface area contributed by atoms with Gasteiger partial charge in [0.05, 0.1) is 0 Å². The molecule has 0 atom stereocenters. The van der Waals surface area contributed by atoms with Crippen molar-refractivity contribution in [2.45, 2.75) is 26.3 Å². The fourth-order valence-electron chi connectivity index (χ4n) is 2.20. The second-order valence-corrected chi connectivity index (χ2v) is 4.30. The Kier molecular flexibility index (Phi) is 4.38. The molecule has 0 aliphatic carbocycles. The van der Waals surface area contributed by atoms with Gasteiger partial charge in [0.25, 0.3) is 5.91 Å². The highest BCUT2D eigenvalue weighted by Gasteiger charge is 2.16. The van der Waals surface area contributed by atoms with Crippen LogP contribution in [0.3, 0.4) is 0 Å². The van der Waals surface area contributed by atoms with Crippen LogP contribution >= 0.6 is 0 Å². The number of rotatable bonds is 3. The molecule has 3 heteroatoms. The molecule has 18 heavy (non-hydrogen) atoms. The number of hydrogen-bond donors (Lipinski definition) is 2. The Balaban J connectivity index is 2.07. The van der Waals surface area contributed by atoms with E-state index in [4.69, 9.17) is 0 Å². The molecule has 1 aromatic carbocycles. The fourth-order valence-corrected chi connectivity index (χ4v) is 2.20. The summed E-state index contributed by atoms with van der Waals surface area (Å²) in [4.78, 5) is 12.1. The number of hydrogen-bond acceptors (Lipinski definition) is 2. The zero-order chi connectivity index (χ0) is 12.8. The minimum Gasteiger partial charge on any atom is -0.351 e. The molecule has 0 radical (unpaired) electrons. The van der Waals surface area contributed by atoms with Crippen molar-refractivity contribution in [1.29, 1.82) is 0 Å². The van der Waals surface area contributed by atoms with Gasteiger partial charge >= 0.3 is 0 Å². The molecule has 1 heterocycles. The molecule has 1 aliphatic heterocycles. The van der Waals surface area contributed by atoms with Crippen molar-refractivity contribution in [3.05, 3.63) is 34.9 Å². The van der Waals surface area contributed by atoms with E-state index in [0.29, 0.717) is 13.0 Å². The summed E-state index contributed by atoms with van der Waals surface area (Å²) in [6.45, 7) is 4.22. The molecule has 0 spiro atoms. The van der Waals surface area contributed by atoms with Crippen LogP contribution in [0.4, 0.5) is 0 Å². The van der Waals surface area contributed by atoms with Crippen LogP contribution in [-0.4, -0.2) is 19.0 Å². The van der Waals surface area contributed by atoms with E-state index in [-0.39, 0.29) is 5.91 Å². The molecule has 1 amide bonds. The van der Waals surface area contributed by atoms with Crippen molar-refractivity contribution in [1.82, 2.24) is 10.6 Å². The van der Waals surface area contributed by atoms with Crippen LogP contribution in [-0.2, 0) is 13.0 Å². The first kappa shape index (κ1) is 12.7. The van der Waals surface area contributed by atoms with Gasteiger partial charge < -0.3 is 10.6 Å². The van der Waals surface area contributed by atoms with Crippen molar-refractivity contribution < 1.29 is 4.79 Å². The van der Waals surface area contributed by atoms with Crippen LogP contribution in [0.15, 0.2) is 18.2 Å². The Labute approximate surface area is 108 Å². The Morgan fingerprint density at radius 3 is 3.22 bits per heavy atom. The predicted molar refractivity (Wildman–Crippen MR) is 72.3 cm³/mol. The van der Waals surface area contributed by atoms with E-state index in [1.165, 1.54) is 11.1 Å². The van der Waals surface area contributed by atoms with Gasteiger partial charge in [-0.2, -0.15) is 0 Å². The molecular formula is C15H18N2O. The summed E-state index contributed by atoms with van der Waals surface area (Å²) in [7, 11) is 0. The minimum absolute atomic E-state index is 0.0200. The lowest BCUT2D eigenvalue weighted by Gasteiger charge is -2.19. The first-order valence-electron chi connectivity index (χ1n) is 6.32. The lowest BCUT2D eigenvalue weighted by atomic mass is 9.95. The second kappa shape index (κ2) is 6.23. The molecule has 1 aliphatic rings. The first-order chi connectivity index (χ1) is 8.83. The van der Waals surface area contributed by atoms with Gasteiger partial charge in [-0.1, -0.05) is 12.1 Å². The number of fused-ring (bicyclic) bond motifs is 1. The van der Waals surface area contributed by atoms with Gasteiger partial charge in [-0.05, 0) is 37.1 Å². The van der Waals surface area contributed by atoms with Gasteiger partial charge in [0.1, 0.15) is 0 Å². The molecule has 0 saturated heterocycles. The van der Waals surface area contributed by atoms with Gasteiger partial charge in [-0.25, -0.2) is 0 Å². The third kappa shape index (κ3) is 2.91. The van der Waals surface area contributed by atoms with Crippen LogP contribution in [0, 0.1) is 11.8 Å². The Bertz CT molecular complexity index is 497.